The Bertz CT molecular complexity index is 462. The van der Waals surface area contributed by atoms with Crippen LogP contribution in [0.15, 0.2) is 47.1 Å². The zero-order valence-electron chi connectivity index (χ0n) is 10.5. The number of aliphatic hydroxyl groups is 1. The van der Waals surface area contributed by atoms with Crippen molar-refractivity contribution in [2.75, 3.05) is 7.11 Å². The first kappa shape index (κ1) is 12.7. The molecule has 2 aromatic rings. The van der Waals surface area contributed by atoms with E-state index in [1.54, 1.807) is 13.4 Å². The van der Waals surface area contributed by atoms with E-state index < -0.39 is 0 Å². The Hall–Kier alpha value is -1.74. The molecule has 96 valence electrons. The average Bonchev–Trinajstić information content (AvgIpc) is 2.90. The molecule has 2 rings (SSSR count). The van der Waals surface area contributed by atoms with Crippen molar-refractivity contribution in [2.24, 2.45) is 0 Å². The first-order chi connectivity index (χ1) is 8.79. The number of hydrogen-bond acceptors (Lipinski definition) is 3. The number of aryl methyl sites for hydroxylation is 1. The summed E-state index contributed by atoms with van der Waals surface area (Å²) in [5.74, 6) is 1.74. The number of benzene rings is 1. The van der Waals surface area contributed by atoms with Crippen molar-refractivity contribution in [1.29, 1.82) is 0 Å². The van der Waals surface area contributed by atoms with Crippen molar-refractivity contribution in [3.8, 4) is 5.75 Å². The van der Waals surface area contributed by atoms with Gasteiger partial charge >= 0.3 is 0 Å². The van der Waals surface area contributed by atoms with Gasteiger partial charge in [-0.15, -0.1) is 0 Å². The molecular formula is C15H18O3. The van der Waals surface area contributed by atoms with Gasteiger partial charge in [0, 0.05) is 12.8 Å². The highest BCUT2D eigenvalue weighted by Crippen LogP contribution is 2.20. The van der Waals surface area contributed by atoms with Gasteiger partial charge in [0.15, 0.2) is 0 Å². The summed E-state index contributed by atoms with van der Waals surface area (Å²) < 4.78 is 10.5. The lowest BCUT2D eigenvalue weighted by molar-refractivity contribution is 0.162. The van der Waals surface area contributed by atoms with Gasteiger partial charge in [-0.2, -0.15) is 0 Å². The van der Waals surface area contributed by atoms with Gasteiger partial charge in [0.2, 0.25) is 0 Å². The molecule has 1 unspecified atom stereocenters. The molecule has 1 atom stereocenters. The molecule has 1 heterocycles. The minimum absolute atomic E-state index is 0.383. The maximum atomic E-state index is 10.0. The largest absolute Gasteiger partial charge is 0.496 e. The summed E-state index contributed by atoms with van der Waals surface area (Å²) in [5, 5.41) is 10.0. The zero-order chi connectivity index (χ0) is 12.8. The van der Waals surface area contributed by atoms with Crippen LogP contribution in [0, 0.1) is 0 Å². The van der Waals surface area contributed by atoms with Crippen LogP contribution in [0.25, 0.3) is 0 Å². The molecule has 0 radical (unpaired) electrons. The van der Waals surface area contributed by atoms with Crippen LogP contribution in [0.5, 0.6) is 5.75 Å². The van der Waals surface area contributed by atoms with Crippen LogP contribution in [0.3, 0.4) is 0 Å². The van der Waals surface area contributed by atoms with Crippen LogP contribution in [-0.2, 0) is 12.8 Å². The molecule has 3 nitrogen and oxygen atoms in total. The number of aliphatic hydroxyl groups excluding tert-OH is 1. The smallest absolute Gasteiger partial charge is 0.122 e. The standard InChI is InChI=1S/C15H18O3/c1-17-15-7-3-2-5-12(15)11-13(16)8-9-14-6-4-10-18-14/h2-7,10,13,16H,8-9,11H2,1H3. The summed E-state index contributed by atoms with van der Waals surface area (Å²) in [6, 6.07) is 11.6. The summed E-state index contributed by atoms with van der Waals surface area (Å²) in [5.41, 5.74) is 1.03. The Labute approximate surface area is 107 Å². The Morgan fingerprint density at radius 1 is 1.22 bits per heavy atom. The van der Waals surface area contributed by atoms with E-state index in [4.69, 9.17) is 9.15 Å². The molecule has 0 aliphatic heterocycles. The second-order valence-electron chi connectivity index (χ2n) is 4.29. The summed E-state index contributed by atoms with van der Waals surface area (Å²) in [6.45, 7) is 0. The number of ether oxygens (including phenoxy) is 1. The van der Waals surface area contributed by atoms with Crippen molar-refractivity contribution in [1.82, 2.24) is 0 Å². The van der Waals surface area contributed by atoms with Crippen molar-refractivity contribution in [3.63, 3.8) is 0 Å². The topological polar surface area (TPSA) is 42.6 Å². The van der Waals surface area contributed by atoms with Gasteiger partial charge < -0.3 is 14.3 Å². The molecule has 0 aliphatic rings. The highest BCUT2D eigenvalue weighted by molar-refractivity contribution is 5.33. The highest BCUT2D eigenvalue weighted by atomic mass is 16.5. The van der Waals surface area contributed by atoms with Gasteiger partial charge in [0.25, 0.3) is 0 Å². The second-order valence-corrected chi connectivity index (χ2v) is 4.29. The van der Waals surface area contributed by atoms with Crippen LogP contribution in [0.1, 0.15) is 17.7 Å². The SMILES string of the molecule is COc1ccccc1CC(O)CCc1ccco1. The first-order valence-corrected chi connectivity index (χ1v) is 6.12. The number of methoxy groups -OCH3 is 1. The molecule has 0 fully saturated rings. The summed E-state index contributed by atoms with van der Waals surface area (Å²) in [4.78, 5) is 0. The van der Waals surface area contributed by atoms with Gasteiger partial charge in [-0.25, -0.2) is 0 Å². The fraction of sp³-hybridized carbons (Fsp3) is 0.333. The maximum absolute atomic E-state index is 10.0. The van der Waals surface area contributed by atoms with Gasteiger partial charge in [-0.05, 0) is 30.2 Å². The minimum Gasteiger partial charge on any atom is -0.496 e. The van der Waals surface area contributed by atoms with Crippen molar-refractivity contribution < 1.29 is 14.3 Å². The lowest BCUT2D eigenvalue weighted by Crippen LogP contribution is -2.12. The Morgan fingerprint density at radius 2 is 2.06 bits per heavy atom. The van der Waals surface area contributed by atoms with Gasteiger partial charge in [0.1, 0.15) is 11.5 Å². The summed E-state index contributed by atoms with van der Waals surface area (Å²) in [7, 11) is 1.65. The monoisotopic (exact) mass is 246 g/mol. The molecule has 0 saturated carbocycles. The minimum atomic E-state index is -0.383. The lowest BCUT2D eigenvalue weighted by atomic mass is 10.0. The zero-order valence-corrected chi connectivity index (χ0v) is 10.5. The molecule has 3 heteroatoms. The molecule has 0 bridgehead atoms. The van der Waals surface area contributed by atoms with Gasteiger partial charge in [0.05, 0.1) is 19.5 Å². The Morgan fingerprint density at radius 3 is 2.78 bits per heavy atom. The predicted octanol–water partition coefficient (Wildman–Crippen LogP) is 2.82. The average molecular weight is 246 g/mol. The van der Waals surface area contributed by atoms with Crippen LogP contribution < -0.4 is 4.74 Å². The third-order valence-corrected chi connectivity index (χ3v) is 2.95. The molecule has 0 spiro atoms. The molecule has 0 amide bonds. The van der Waals surface area contributed by atoms with Crippen LogP contribution in [0.4, 0.5) is 0 Å². The van der Waals surface area contributed by atoms with E-state index >= 15 is 0 Å². The normalized spacial score (nSPS) is 12.3. The van der Waals surface area contributed by atoms with Crippen molar-refractivity contribution >= 4 is 0 Å². The predicted molar refractivity (Wildman–Crippen MR) is 69.7 cm³/mol. The summed E-state index contributed by atoms with van der Waals surface area (Å²) in [6.07, 6.45) is 3.31. The third-order valence-electron chi connectivity index (χ3n) is 2.95. The summed E-state index contributed by atoms with van der Waals surface area (Å²) >= 11 is 0. The third kappa shape index (κ3) is 3.37. The first-order valence-electron chi connectivity index (χ1n) is 6.12. The fourth-order valence-electron chi connectivity index (χ4n) is 1.99. The van der Waals surface area contributed by atoms with E-state index in [-0.39, 0.29) is 6.10 Å². The van der Waals surface area contributed by atoms with Gasteiger partial charge in [-0.1, -0.05) is 18.2 Å². The molecule has 0 aliphatic carbocycles. The van der Waals surface area contributed by atoms with E-state index in [0.717, 1.165) is 23.5 Å². The highest BCUT2D eigenvalue weighted by Gasteiger charge is 2.10. The van der Waals surface area contributed by atoms with Gasteiger partial charge in [-0.3, -0.25) is 0 Å². The fourth-order valence-corrected chi connectivity index (χ4v) is 1.99. The molecule has 1 N–H and O–H groups in total. The van der Waals surface area contributed by atoms with Crippen LogP contribution in [-0.4, -0.2) is 18.3 Å². The van der Waals surface area contributed by atoms with E-state index in [1.165, 1.54) is 0 Å². The molecular weight excluding hydrogens is 228 g/mol. The number of rotatable bonds is 6. The Kier molecular flexibility index (Phi) is 4.42. The van der Waals surface area contributed by atoms with E-state index in [0.29, 0.717) is 12.8 Å². The van der Waals surface area contributed by atoms with Crippen molar-refractivity contribution in [3.05, 3.63) is 54.0 Å². The Balaban J connectivity index is 1.88. The van der Waals surface area contributed by atoms with Crippen molar-refractivity contribution in [2.45, 2.75) is 25.4 Å². The quantitative estimate of drug-likeness (QED) is 0.852. The van der Waals surface area contributed by atoms with Crippen LogP contribution in [0.2, 0.25) is 0 Å². The maximum Gasteiger partial charge on any atom is 0.122 e. The number of hydrogen-bond donors (Lipinski definition) is 1. The number of para-hydroxylation sites is 1. The second kappa shape index (κ2) is 6.26. The van der Waals surface area contributed by atoms with Crippen LogP contribution >= 0.6 is 0 Å². The van der Waals surface area contributed by atoms with E-state index in [2.05, 4.69) is 0 Å². The van der Waals surface area contributed by atoms with E-state index in [1.807, 2.05) is 36.4 Å². The number of furan rings is 1. The van der Waals surface area contributed by atoms with E-state index in [9.17, 15) is 5.11 Å². The molecule has 0 saturated heterocycles. The molecule has 1 aromatic carbocycles. The molecule has 1 aromatic heterocycles. The molecule has 18 heavy (non-hydrogen) atoms. The lowest BCUT2D eigenvalue weighted by Gasteiger charge is -2.12.